The second kappa shape index (κ2) is 10.8. The lowest BCUT2D eigenvalue weighted by Gasteiger charge is -2.29. The average molecular weight is 493 g/mol. The van der Waals surface area contributed by atoms with Crippen LogP contribution >= 0.6 is 11.6 Å². The summed E-state index contributed by atoms with van der Waals surface area (Å²) in [4.78, 5) is 19.1. The van der Waals surface area contributed by atoms with Crippen LogP contribution in [0.2, 0.25) is 5.02 Å². The van der Waals surface area contributed by atoms with Crippen LogP contribution in [0.4, 0.5) is 0 Å². The van der Waals surface area contributed by atoms with Crippen LogP contribution in [0.3, 0.4) is 0 Å². The van der Waals surface area contributed by atoms with Crippen LogP contribution in [-0.4, -0.2) is 34.5 Å². The lowest BCUT2D eigenvalue weighted by Crippen LogP contribution is -2.33. The molecule has 6 heteroatoms. The number of carbonyl (C=O) groups is 1. The summed E-state index contributed by atoms with van der Waals surface area (Å²) in [5, 5.41) is 0.723. The van der Waals surface area contributed by atoms with Crippen molar-refractivity contribution < 1.29 is 14.3 Å². The minimum Gasteiger partial charge on any atom is -0.489 e. The first-order valence-corrected chi connectivity index (χ1v) is 12.4. The van der Waals surface area contributed by atoms with Crippen molar-refractivity contribution in [2.45, 2.75) is 59.3 Å². The highest BCUT2D eigenvalue weighted by molar-refractivity contribution is 6.30. The number of aryl methyl sites for hydroxylation is 1. The predicted octanol–water partition coefficient (Wildman–Crippen LogP) is 6.38. The van der Waals surface area contributed by atoms with Gasteiger partial charge in [-0.15, -0.1) is 0 Å². The zero-order valence-corrected chi connectivity index (χ0v) is 21.7. The molecule has 0 radical (unpaired) electrons. The van der Waals surface area contributed by atoms with Gasteiger partial charge < -0.3 is 9.47 Å². The Kier molecular flexibility index (Phi) is 7.78. The second-order valence-corrected chi connectivity index (χ2v) is 10.5. The molecular formula is C29H33ClN2O3. The van der Waals surface area contributed by atoms with Gasteiger partial charge in [-0.2, -0.15) is 0 Å². The molecule has 35 heavy (non-hydrogen) atoms. The number of ether oxygens (including phenoxy) is 2. The monoisotopic (exact) mass is 492 g/mol. The number of esters is 1. The third kappa shape index (κ3) is 7.06. The zero-order valence-electron chi connectivity index (χ0n) is 20.9. The Morgan fingerprint density at radius 3 is 2.57 bits per heavy atom. The van der Waals surface area contributed by atoms with Crippen LogP contribution in [0.15, 0.2) is 54.7 Å². The van der Waals surface area contributed by atoms with Gasteiger partial charge in [0.25, 0.3) is 0 Å². The molecule has 5 nitrogen and oxygen atoms in total. The molecule has 0 saturated carbocycles. The number of rotatable bonds is 7. The van der Waals surface area contributed by atoms with Gasteiger partial charge in [0.1, 0.15) is 18.0 Å². The van der Waals surface area contributed by atoms with Crippen LogP contribution in [0, 0.1) is 6.92 Å². The van der Waals surface area contributed by atoms with Gasteiger partial charge in [-0.05, 0) is 92.8 Å². The molecule has 0 fully saturated rings. The van der Waals surface area contributed by atoms with E-state index in [4.69, 9.17) is 26.1 Å². The van der Waals surface area contributed by atoms with Gasteiger partial charge in [0.2, 0.25) is 0 Å². The van der Waals surface area contributed by atoms with E-state index in [1.54, 1.807) is 0 Å². The zero-order chi connectivity index (χ0) is 25.0. The predicted molar refractivity (Wildman–Crippen MR) is 140 cm³/mol. The van der Waals surface area contributed by atoms with Gasteiger partial charge in [0, 0.05) is 36.4 Å². The van der Waals surface area contributed by atoms with Gasteiger partial charge in [-0.3, -0.25) is 14.7 Å². The molecule has 184 valence electrons. The fraction of sp³-hybridized carbons (Fsp3) is 0.379. The third-order valence-corrected chi connectivity index (χ3v) is 6.26. The summed E-state index contributed by atoms with van der Waals surface area (Å²) < 4.78 is 11.5. The molecule has 0 N–H and O–H groups in total. The molecule has 0 amide bonds. The van der Waals surface area contributed by atoms with Crippen molar-refractivity contribution >= 4 is 17.6 Å². The summed E-state index contributed by atoms with van der Waals surface area (Å²) >= 11 is 5.96. The maximum Gasteiger partial charge on any atom is 0.307 e. The van der Waals surface area contributed by atoms with E-state index >= 15 is 0 Å². The Hall–Kier alpha value is -2.89. The Labute approximate surface area is 213 Å². The molecule has 3 aromatic rings. The van der Waals surface area contributed by atoms with Gasteiger partial charge in [-0.1, -0.05) is 23.7 Å². The van der Waals surface area contributed by atoms with E-state index in [2.05, 4.69) is 30.0 Å². The Morgan fingerprint density at radius 1 is 1.09 bits per heavy atom. The largest absolute Gasteiger partial charge is 0.489 e. The summed E-state index contributed by atoms with van der Waals surface area (Å²) in [7, 11) is 0. The maximum atomic E-state index is 12.1. The van der Waals surface area contributed by atoms with Crippen LogP contribution in [0.5, 0.6) is 5.75 Å². The highest BCUT2D eigenvalue weighted by Crippen LogP contribution is 2.28. The average Bonchev–Trinajstić information content (AvgIpc) is 2.81. The standard InChI is InChI=1S/C29H33ClN2O3/c1-20-15-23(7-10-27(20)34-19-21-5-8-25(30)9-6-21)26-16-22-11-13-32(18-24(22)17-31-26)14-12-28(33)35-29(2,3)4/h5-10,15-17H,11-14,18-19H2,1-4H3. The molecule has 2 heterocycles. The number of carbonyl (C=O) groups excluding carboxylic acids is 1. The summed E-state index contributed by atoms with van der Waals surface area (Å²) in [5.74, 6) is 0.718. The number of halogens is 1. The smallest absolute Gasteiger partial charge is 0.307 e. The molecular weight excluding hydrogens is 460 g/mol. The number of hydrogen-bond donors (Lipinski definition) is 0. The van der Waals surface area contributed by atoms with Crippen LogP contribution in [0.25, 0.3) is 11.3 Å². The normalized spacial score (nSPS) is 13.9. The molecule has 0 saturated heterocycles. The van der Waals surface area contributed by atoms with E-state index in [1.807, 2.05) is 57.3 Å². The van der Waals surface area contributed by atoms with E-state index in [-0.39, 0.29) is 5.97 Å². The van der Waals surface area contributed by atoms with Gasteiger partial charge in [0.15, 0.2) is 0 Å². The Balaban J connectivity index is 1.36. The molecule has 0 bridgehead atoms. The summed E-state index contributed by atoms with van der Waals surface area (Å²) in [6.07, 6.45) is 3.33. The van der Waals surface area contributed by atoms with E-state index in [0.29, 0.717) is 19.6 Å². The van der Waals surface area contributed by atoms with Crippen molar-refractivity contribution in [3.63, 3.8) is 0 Å². The molecule has 0 spiro atoms. The van der Waals surface area contributed by atoms with Crippen molar-refractivity contribution in [3.05, 3.63) is 82.0 Å². The van der Waals surface area contributed by atoms with E-state index in [9.17, 15) is 4.79 Å². The van der Waals surface area contributed by atoms with Crippen molar-refractivity contribution in [2.24, 2.45) is 0 Å². The minimum absolute atomic E-state index is 0.146. The quantitative estimate of drug-likeness (QED) is 0.358. The van der Waals surface area contributed by atoms with Crippen molar-refractivity contribution in [3.8, 4) is 17.0 Å². The second-order valence-electron chi connectivity index (χ2n) is 10.1. The summed E-state index contributed by atoms with van der Waals surface area (Å²) in [6, 6.07) is 16.1. The lowest BCUT2D eigenvalue weighted by molar-refractivity contribution is -0.155. The topological polar surface area (TPSA) is 51.7 Å². The van der Waals surface area contributed by atoms with Crippen LogP contribution < -0.4 is 4.74 Å². The van der Waals surface area contributed by atoms with Crippen LogP contribution in [-0.2, 0) is 29.1 Å². The first-order chi connectivity index (χ1) is 16.7. The van der Waals surface area contributed by atoms with E-state index < -0.39 is 5.60 Å². The third-order valence-electron chi connectivity index (χ3n) is 6.00. The Morgan fingerprint density at radius 2 is 1.86 bits per heavy atom. The maximum absolute atomic E-state index is 12.1. The number of nitrogens with zero attached hydrogens (tertiary/aromatic N) is 2. The molecule has 1 aromatic heterocycles. The minimum atomic E-state index is -0.439. The number of fused-ring (bicyclic) bond motifs is 1. The Bertz CT molecular complexity index is 1190. The number of aromatic nitrogens is 1. The van der Waals surface area contributed by atoms with E-state index in [0.717, 1.165) is 52.7 Å². The first kappa shape index (κ1) is 25.2. The number of pyridine rings is 1. The molecule has 0 unspecified atom stereocenters. The summed E-state index contributed by atoms with van der Waals surface area (Å²) in [5.41, 5.74) is 6.31. The highest BCUT2D eigenvalue weighted by atomic mass is 35.5. The van der Waals surface area contributed by atoms with Gasteiger partial charge in [-0.25, -0.2) is 0 Å². The molecule has 1 aliphatic rings. The number of benzene rings is 2. The fourth-order valence-electron chi connectivity index (χ4n) is 4.20. The van der Waals surface area contributed by atoms with Gasteiger partial charge in [0.05, 0.1) is 12.1 Å². The molecule has 1 aliphatic heterocycles. The molecule has 0 atom stereocenters. The molecule has 0 aliphatic carbocycles. The van der Waals surface area contributed by atoms with E-state index in [1.165, 1.54) is 11.1 Å². The SMILES string of the molecule is Cc1cc(-c2cc3c(cn2)CN(CCC(=O)OC(C)(C)C)CC3)ccc1OCc1ccc(Cl)cc1. The molecule has 2 aromatic carbocycles. The molecule has 4 rings (SSSR count). The first-order valence-electron chi connectivity index (χ1n) is 12.1. The summed E-state index contributed by atoms with van der Waals surface area (Å²) in [6.45, 7) is 10.7. The lowest BCUT2D eigenvalue weighted by atomic mass is 9.98. The number of hydrogen-bond acceptors (Lipinski definition) is 5. The fourth-order valence-corrected chi connectivity index (χ4v) is 4.33. The van der Waals surface area contributed by atoms with Crippen molar-refractivity contribution in [1.29, 1.82) is 0 Å². The van der Waals surface area contributed by atoms with Crippen LogP contribution in [0.1, 0.15) is 49.4 Å². The van der Waals surface area contributed by atoms with Crippen molar-refractivity contribution in [2.75, 3.05) is 13.1 Å². The van der Waals surface area contributed by atoms with Gasteiger partial charge >= 0.3 is 5.97 Å². The van der Waals surface area contributed by atoms with Crippen molar-refractivity contribution in [1.82, 2.24) is 9.88 Å². The highest BCUT2D eigenvalue weighted by Gasteiger charge is 2.21.